The van der Waals surface area contributed by atoms with E-state index < -0.39 is 16.3 Å². The van der Waals surface area contributed by atoms with Crippen LogP contribution in [0.5, 0.6) is 0 Å². The summed E-state index contributed by atoms with van der Waals surface area (Å²) in [5.74, 6) is -0.614. The van der Waals surface area contributed by atoms with Gasteiger partial charge in [0.1, 0.15) is 0 Å². The fourth-order valence-electron chi connectivity index (χ4n) is 2.36. The lowest BCUT2D eigenvalue weighted by atomic mass is 9.97. The molecule has 2 atom stereocenters. The van der Waals surface area contributed by atoms with Crippen molar-refractivity contribution in [2.45, 2.75) is 23.2 Å². The van der Waals surface area contributed by atoms with E-state index in [0.29, 0.717) is 18.8 Å². The van der Waals surface area contributed by atoms with Crippen molar-refractivity contribution < 1.29 is 22.2 Å². The monoisotopic (exact) mass is 320 g/mol. The Morgan fingerprint density at radius 1 is 1.29 bits per heavy atom. The molecule has 1 aliphatic rings. The Bertz CT molecular complexity index is 545. The van der Waals surface area contributed by atoms with Crippen molar-refractivity contribution in [3.8, 4) is 0 Å². The Labute approximate surface area is 122 Å². The summed E-state index contributed by atoms with van der Waals surface area (Å²) in [4.78, 5) is 12.8. The Morgan fingerprint density at radius 2 is 1.90 bits per heavy atom. The molecule has 1 amide bonds. The van der Waals surface area contributed by atoms with Gasteiger partial charge < -0.3 is 10.6 Å². The smallest absolute Gasteiger partial charge is 0.371 e. The van der Waals surface area contributed by atoms with Crippen LogP contribution in [0.2, 0.25) is 0 Å². The summed E-state index contributed by atoms with van der Waals surface area (Å²) in [6.45, 7) is 1.17. The van der Waals surface area contributed by atoms with Crippen molar-refractivity contribution in [3.05, 3.63) is 24.3 Å². The molecular formula is C13H15F3N2O2S. The van der Waals surface area contributed by atoms with E-state index >= 15 is 0 Å². The molecule has 21 heavy (non-hydrogen) atoms. The van der Waals surface area contributed by atoms with Crippen LogP contribution in [0.15, 0.2) is 29.2 Å². The highest BCUT2D eigenvalue weighted by Gasteiger charge is 2.38. The van der Waals surface area contributed by atoms with Crippen LogP contribution in [0.1, 0.15) is 12.8 Å². The minimum atomic E-state index is -4.76. The highest BCUT2D eigenvalue weighted by atomic mass is 32.2. The molecule has 0 aliphatic carbocycles. The third-order valence-corrected chi connectivity index (χ3v) is 4.57. The number of halogens is 3. The van der Waals surface area contributed by atoms with E-state index in [1.807, 2.05) is 4.90 Å². The number of nitrogens with two attached hydrogens (primary N) is 1. The summed E-state index contributed by atoms with van der Waals surface area (Å²) in [6, 6.07) is 5.38. The predicted octanol–water partition coefficient (Wildman–Crippen LogP) is 2.02. The summed E-state index contributed by atoms with van der Waals surface area (Å²) in [6.07, 6.45) is 1.52. The maximum Gasteiger partial charge on any atom is 0.475 e. The van der Waals surface area contributed by atoms with Crippen LogP contribution < -0.4 is 10.6 Å². The lowest BCUT2D eigenvalue weighted by Crippen LogP contribution is -2.41. The maximum atomic E-state index is 12.4. The summed E-state index contributed by atoms with van der Waals surface area (Å²) >= 11 is 0. The van der Waals surface area contributed by atoms with Gasteiger partial charge in [-0.15, -0.1) is 0 Å². The van der Waals surface area contributed by atoms with E-state index in [-0.39, 0.29) is 16.7 Å². The first-order chi connectivity index (χ1) is 9.79. The molecule has 1 aliphatic heterocycles. The maximum absolute atomic E-state index is 12.4. The van der Waals surface area contributed by atoms with Crippen LogP contribution in [-0.2, 0) is 15.6 Å². The molecule has 0 radical (unpaired) electrons. The second kappa shape index (κ2) is 6.05. The van der Waals surface area contributed by atoms with Gasteiger partial charge in [-0.2, -0.15) is 13.2 Å². The van der Waals surface area contributed by atoms with Crippen molar-refractivity contribution in [3.63, 3.8) is 0 Å². The van der Waals surface area contributed by atoms with E-state index in [9.17, 15) is 22.2 Å². The number of carbonyl (C=O) groups is 1. The van der Waals surface area contributed by atoms with Crippen molar-refractivity contribution in [1.29, 1.82) is 0 Å². The van der Waals surface area contributed by atoms with Gasteiger partial charge in [-0.1, -0.05) is 0 Å². The number of anilines is 1. The van der Waals surface area contributed by atoms with Crippen LogP contribution in [0.3, 0.4) is 0 Å². The minimum absolute atomic E-state index is 0.247. The number of rotatable bonds is 3. The Hall–Kier alpha value is -1.57. The average Bonchev–Trinajstić information content (AvgIpc) is 2.46. The largest absolute Gasteiger partial charge is 0.475 e. The molecule has 1 fully saturated rings. The van der Waals surface area contributed by atoms with E-state index in [0.717, 1.165) is 12.8 Å². The van der Waals surface area contributed by atoms with Gasteiger partial charge >= 0.3 is 5.51 Å². The molecular weight excluding hydrogens is 305 g/mol. The van der Waals surface area contributed by atoms with Gasteiger partial charge in [0, 0.05) is 23.7 Å². The van der Waals surface area contributed by atoms with Gasteiger partial charge in [0.2, 0.25) is 5.91 Å². The van der Waals surface area contributed by atoms with Crippen LogP contribution in [0.25, 0.3) is 0 Å². The van der Waals surface area contributed by atoms with E-state index in [2.05, 4.69) is 0 Å². The number of hydrogen-bond acceptors (Lipinski definition) is 3. The van der Waals surface area contributed by atoms with Crippen molar-refractivity contribution >= 4 is 22.4 Å². The quantitative estimate of drug-likeness (QED) is 0.927. The molecule has 1 saturated heterocycles. The fraction of sp³-hybridized carbons (Fsp3) is 0.462. The molecule has 0 bridgehead atoms. The summed E-state index contributed by atoms with van der Waals surface area (Å²) in [7, 11) is -3.02. The Morgan fingerprint density at radius 3 is 2.43 bits per heavy atom. The number of benzene rings is 1. The van der Waals surface area contributed by atoms with Gasteiger partial charge in [-0.05, 0) is 37.1 Å². The molecule has 116 valence electrons. The zero-order chi connectivity index (χ0) is 15.6. The minimum Gasteiger partial charge on any atom is -0.371 e. The molecule has 2 N–H and O–H groups in total. The van der Waals surface area contributed by atoms with E-state index in [1.54, 1.807) is 0 Å². The Kier molecular flexibility index (Phi) is 4.55. The number of alkyl halides is 3. The number of carbonyl (C=O) groups excluding carboxylic acids is 1. The molecule has 0 spiro atoms. The molecule has 0 aromatic heterocycles. The molecule has 1 aromatic rings. The summed E-state index contributed by atoms with van der Waals surface area (Å²) in [5.41, 5.74) is 1.23. The lowest BCUT2D eigenvalue weighted by molar-refractivity contribution is -0.122. The van der Waals surface area contributed by atoms with Gasteiger partial charge in [0.25, 0.3) is 0 Å². The first-order valence-corrected chi connectivity index (χ1v) is 7.57. The second-order valence-corrected chi connectivity index (χ2v) is 6.37. The highest BCUT2D eigenvalue weighted by Crippen LogP contribution is 2.29. The Balaban J connectivity index is 2.12. The van der Waals surface area contributed by atoms with Gasteiger partial charge in [0.15, 0.2) is 10.8 Å². The standard InChI is InChI=1S/C13H15F3N2O2S/c14-13(15,16)21(20)11-5-3-10(4-6-11)18-7-1-2-9(8-18)12(17)19/h3-6,9H,1-2,7-8H2,(H2,17,19)/t9-,21-/m1/s1. The second-order valence-electron chi connectivity index (χ2n) is 4.90. The average molecular weight is 320 g/mol. The van der Waals surface area contributed by atoms with Crippen LogP contribution >= 0.6 is 0 Å². The fourth-order valence-corrected chi connectivity index (χ4v) is 3.01. The molecule has 8 heteroatoms. The third-order valence-electron chi connectivity index (χ3n) is 3.45. The number of piperidine rings is 1. The molecule has 1 aromatic carbocycles. The lowest BCUT2D eigenvalue weighted by Gasteiger charge is -2.33. The molecule has 4 nitrogen and oxygen atoms in total. The zero-order valence-corrected chi connectivity index (χ0v) is 11.9. The first-order valence-electron chi connectivity index (χ1n) is 6.42. The molecule has 1 heterocycles. The predicted molar refractivity (Wildman–Crippen MR) is 73.0 cm³/mol. The van der Waals surface area contributed by atoms with Crippen molar-refractivity contribution in [2.24, 2.45) is 11.7 Å². The van der Waals surface area contributed by atoms with E-state index in [4.69, 9.17) is 5.73 Å². The third kappa shape index (κ3) is 3.75. The van der Waals surface area contributed by atoms with Crippen LogP contribution in [-0.4, -0.2) is 28.7 Å². The number of primary amides is 1. The van der Waals surface area contributed by atoms with Gasteiger partial charge in [-0.3, -0.25) is 4.79 Å². The summed E-state index contributed by atoms with van der Waals surface area (Å²) < 4.78 is 48.3. The topological polar surface area (TPSA) is 63.4 Å². The number of amides is 1. The van der Waals surface area contributed by atoms with Crippen LogP contribution in [0.4, 0.5) is 18.9 Å². The number of hydrogen-bond donors (Lipinski definition) is 1. The summed E-state index contributed by atoms with van der Waals surface area (Å²) in [5, 5.41) is 0. The van der Waals surface area contributed by atoms with Crippen molar-refractivity contribution in [2.75, 3.05) is 18.0 Å². The first kappa shape index (κ1) is 15.8. The van der Waals surface area contributed by atoms with E-state index in [1.165, 1.54) is 24.3 Å². The molecule has 0 unspecified atom stereocenters. The number of nitrogens with zero attached hydrogens (tertiary/aromatic N) is 1. The SMILES string of the molecule is NC(=O)[C@@H]1CCCN(c2ccc([S@@](=O)C(F)(F)F)cc2)C1. The van der Waals surface area contributed by atoms with Crippen molar-refractivity contribution in [1.82, 2.24) is 0 Å². The van der Waals surface area contributed by atoms with Gasteiger partial charge in [0.05, 0.1) is 5.92 Å². The zero-order valence-electron chi connectivity index (χ0n) is 11.1. The van der Waals surface area contributed by atoms with Gasteiger partial charge in [-0.25, -0.2) is 4.21 Å². The molecule has 2 rings (SSSR count). The normalized spacial score (nSPS) is 21.1. The highest BCUT2D eigenvalue weighted by molar-refractivity contribution is 7.86. The molecule has 0 saturated carbocycles. The van der Waals surface area contributed by atoms with Crippen LogP contribution in [0, 0.1) is 5.92 Å².